The van der Waals surface area contributed by atoms with Crippen molar-refractivity contribution in [1.29, 1.82) is 0 Å². The number of rotatable bonds is 5. The highest BCUT2D eigenvalue weighted by Gasteiger charge is 2.14. The molecule has 2 N–H and O–H groups in total. The van der Waals surface area contributed by atoms with E-state index >= 15 is 0 Å². The van der Waals surface area contributed by atoms with Crippen molar-refractivity contribution >= 4 is 23.2 Å². The van der Waals surface area contributed by atoms with Gasteiger partial charge in [-0.15, -0.1) is 0 Å². The van der Waals surface area contributed by atoms with Gasteiger partial charge in [0.2, 0.25) is 5.91 Å². The van der Waals surface area contributed by atoms with Gasteiger partial charge in [0, 0.05) is 28.4 Å². The van der Waals surface area contributed by atoms with Gasteiger partial charge >= 0.3 is 0 Å². The predicted molar refractivity (Wildman–Crippen MR) is 99.5 cm³/mol. The lowest BCUT2D eigenvalue weighted by Crippen LogP contribution is -2.19. The van der Waals surface area contributed by atoms with Gasteiger partial charge in [-0.1, -0.05) is 11.6 Å². The fourth-order valence-corrected chi connectivity index (χ4v) is 2.77. The Labute approximate surface area is 154 Å². The number of hydrogen-bond acceptors (Lipinski definition) is 2. The van der Waals surface area contributed by atoms with Crippen molar-refractivity contribution < 1.29 is 9.18 Å². The van der Waals surface area contributed by atoms with E-state index in [0.29, 0.717) is 34.1 Å². The molecule has 0 fully saturated rings. The van der Waals surface area contributed by atoms with Gasteiger partial charge in [-0.3, -0.25) is 14.7 Å². The third kappa shape index (κ3) is 4.03. The van der Waals surface area contributed by atoms with Crippen LogP contribution in [0.5, 0.6) is 0 Å². The summed E-state index contributed by atoms with van der Waals surface area (Å²) in [5.41, 5.74) is 2.15. The maximum absolute atomic E-state index is 13.0. The molecule has 3 rings (SSSR count). The Morgan fingerprint density at radius 2 is 1.81 bits per heavy atom. The molecule has 3 aromatic rings. The quantitative estimate of drug-likeness (QED) is 0.713. The van der Waals surface area contributed by atoms with Crippen molar-refractivity contribution in [2.24, 2.45) is 0 Å². The van der Waals surface area contributed by atoms with E-state index < -0.39 is 0 Å². The molecule has 0 atom stereocenters. The number of nitrogens with zero attached hydrogens (tertiary/aromatic N) is 1. The summed E-state index contributed by atoms with van der Waals surface area (Å²) in [5, 5.41) is 6.32. The molecule has 2 aromatic carbocycles. The van der Waals surface area contributed by atoms with Crippen LogP contribution in [-0.4, -0.2) is 15.7 Å². The summed E-state index contributed by atoms with van der Waals surface area (Å²) in [6, 6.07) is 12.4. The van der Waals surface area contributed by atoms with Crippen LogP contribution in [-0.2, 0) is 11.2 Å². The molecule has 5 nitrogen and oxygen atoms in total. The normalized spacial score (nSPS) is 10.7. The molecule has 0 aliphatic carbocycles. The zero-order chi connectivity index (χ0) is 18.7. The topological polar surface area (TPSA) is 66.9 Å². The molecule has 1 amide bonds. The first-order chi connectivity index (χ1) is 12.4. The summed E-state index contributed by atoms with van der Waals surface area (Å²) in [4.78, 5) is 24.7. The summed E-state index contributed by atoms with van der Waals surface area (Å²) < 4.78 is 14.4. The molecule has 0 bridgehead atoms. The fraction of sp³-hybridized carbons (Fsp3) is 0.158. The number of aromatic amines is 1. The van der Waals surface area contributed by atoms with E-state index in [0.717, 1.165) is 0 Å². The lowest BCUT2D eigenvalue weighted by Gasteiger charge is -2.04. The zero-order valence-corrected chi connectivity index (χ0v) is 14.8. The first-order valence-corrected chi connectivity index (χ1v) is 8.43. The van der Waals surface area contributed by atoms with Crippen LogP contribution >= 0.6 is 11.6 Å². The van der Waals surface area contributed by atoms with E-state index in [9.17, 15) is 14.0 Å². The molecule has 0 aliphatic heterocycles. The minimum absolute atomic E-state index is 0.167. The van der Waals surface area contributed by atoms with Gasteiger partial charge in [-0.25, -0.2) is 9.07 Å². The van der Waals surface area contributed by atoms with Crippen molar-refractivity contribution in [1.82, 2.24) is 9.78 Å². The number of amides is 1. The molecule has 0 unspecified atom stereocenters. The third-order valence-electron chi connectivity index (χ3n) is 4.01. The standard InChI is InChI=1S/C19H17ClFN3O2/c1-12-17(10-11-18(25)22-15-6-2-13(20)3-7-15)19(26)24(23-12)16-8-4-14(21)5-9-16/h2-9,23H,10-11H2,1H3,(H,22,25). The second-order valence-corrected chi connectivity index (χ2v) is 6.32. The van der Waals surface area contributed by atoms with E-state index in [4.69, 9.17) is 11.6 Å². The predicted octanol–water partition coefficient (Wildman–Crippen LogP) is 3.84. The van der Waals surface area contributed by atoms with Gasteiger partial charge in [0.25, 0.3) is 5.56 Å². The first kappa shape index (κ1) is 17.9. The highest BCUT2D eigenvalue weighted by Crippen LogP contribution is 2.14. The van der Waals surface area contributed by atoms with Crippen molar-refractivity contribution in [3.8, 4) is 5.69 Å². The van der Waals surface area contributed by atoms with Gasteiger partial charge in [-0.05, 0) is 61.9 Å². The number of aryl methyl sites for hydroxylation is 1. The summed E-state index contributed by atoms with van der Waals surface area (Å²) >= 11 is 5.81. The van der Waals surface area contributed by atoms with Crippen molar-refractivity contribution in [2.45, 2.75) is 19.8 Å². The van der Waals surface area contributed by atoms with Gasteiger partial charge < -0.3 is 5.32 Å². The molecule has 134 valence electrons. The number of nitrogens with one attached hydrogen (secondary N) is 2. The molecule has 26 heavy (non-hydrogen) atoms. The van der Waals surface area contributed by atoms with E-state index in [1.807, 2.05) is 0 Å². The molecule has 1 aromatic heterocycles. The van der Waals surface area contributed by atoms with Gasteiger partial charge in [0.15, 0.2) is 0 Å². The number of hydrogen-bond donors (Lipinski definition) is 2. The molecule has 0 aliphatic rings. The van der Waals surface area contributed by atoms with E-state index in [1.165, 1.54) is 28.9 Å². The third-order valence-corrected chi connectivity index (χ3v) is 4.26. The Kier molecular flexibility index (Phi) is 5.23. The van der Waals surface area contributed by atoms with Gasteiger partial charge in [0.05, 0.1) is 5.69 Å². The van der Waals surface area contributed by atoms with Crippen LogP contribution in [0.15, 0.2) is 53.3 Å². The largest absolute Gasteiger partial charge is 0.326 e. The molecule has 7 heteroatoms. The summed E-state index contributed by atoms with van der Waals surface area (Å²) in [5.74, 6) is -0.565. The second kappa shape index (κ2) is 7.58. The van der Waals surface area contributed by atoms with Gasteiger partial charge in [-0.2, -0.15) is 0 Å². The van der Waals surface area contributed by atoms with E-state index in [-0.39, 0.29) is 23.7 Å². The Hall–Kier alpha value is -2.86. The SMILES string of the molecule is Cc1[nH]n(-c2ccc(F)cc2)c(=O)c1CCC(=O)Nc1ccc(Cl)cc1. The number of H-pyrrole nitrogens is 1. The number of carbonyl (C=O) groups excluding carboxylic acids is 1. The minimum Gasteiger partial charge on any atom is -0.326 e. The van der Waals surface area contributed by atoms with Crippen LogP contribution in [0.3, 0.4) is 0 Å². The Balaban J connectivity index is 1.70. The maximum Gasteiger partial charge on any atom is 0.274 e. The number of halogens is 2. The van der Waals surface area contributed by atoms with Crippen molar-refractivity contribution in [2.75, 3.05) is 5.32 Å². The Morgan fingerprint density at radius 3 is 2.46 bits per heavy atom. The molecule has 0 saturated carbocycles. The smallest absolute Gasteiger partial charge is 0.274 e. The second-order valence-electron chi connectivity index (χ2n) is 5.89. The molecular formula is C19H17ClFN3O2. The fourth-order valence-electron chi connectivity index (χ4n) is 2.64. The minimum atomic E-state index is -0.371. The van der Waals surface area contributed by atoms with E-state index in [1.54, 1.807) is 31.2 Å². The molecule has 1 heterocycles. The average molecular weight is 374 g/mol. The molecule has 0 saturated heterocycles. The summed E-state index contributed by atoms with van der Waals surface area (Å²) in [6.45, 7) is 1.77. The lowest BCUT2D eigenvalue weighted by atomic mass is 10.1. The van der Waals surface area contributed by atoms with Gasteiger partial charge in [0.1, 0.15) is 5.82 Å². The number of carbonyl (C=O) groups is 1. The molecule has 0 radical (unpaired) electrons. The van der Waals surface area contributed by atoms with Crippen LogP contribution in [0.4, 0.5) is 10.1 Å². The number of anilines is 1. The molecular weight excluding hydrogens is 357 g/mol. The highest BCUT2D eigenvalue weighted by atomic mass is 35.5. The highest BCUT2D eigenvalue weighted by molar-refractivity contribution is 6.30. The van der Waals surface area contributed by atoms with Crippen LogP contribution in [0.1, 0.15) is 17.7 Å². The van der Waals surface area contributed by atoms with Crippen LogP contribution in [0.2, 0.25) is 5.02 Å². The lowest BCUT2D eigenvalue weighted by molar-refractivity contribution is -0.116. The zero-order valence-electron chi connectivity index (χ0n) is 14.1. The Morgan fingerprint density at radius 1 is 1.15 bits per heavy atom. The van der Waals surface area contributed by atoms with E-state index in [2.05, 4.69) is 10.4 Å². The maximum atomic E-state index is 13.0. The summed E-state index contributed by atoms with van der Waals surface area (Å²) in [6.07, 6.45) is 0.467. The Bertz CT molecular complexity index is 976. The monoisotopic (exact) mass is 373 g/mol. The molecule has 0 spiro atoms. The number of benzene rings is 2. The van der Waals surface area contributed by atoms with Crippen LogP contribution in [0.25, 0.3) is 5.69 Å². The van der Waals surface area contributed by atoms with Crippen molar-refractivity contribution in [3.63, 3.8) is 0 Å². The van der Waals surface area contributed by atoms with Crippen molar-refractivity contribution in [3.05, 3.63) is 81.0 Å². The summed E-state index contributed by atoms with van der Waals surface area (Å²) in [7, 11) is 0. The average Bonchev–Trinajstić information content (AvgIpc) is 2.90. The van der Waals surface area contributed by atoms with Crippen LogP contribution < -0.4 is 10.9 Å². The first-order valence-electron chi connectivity index (χ1n) is 8.06. The van der Waals surface area contributed by atoms with Crippen LogP contribution in [0, 0.1) is 12.7 Å². The number of aromatic nitrogens is 2.